The standard InChI is InChI=1S/C16H13ClN4O2/c1-10-15(21-9-12(17)6-7-14(21)19-10)16(23)20-18-8-11-4-2-3-5-13(11)22/h2-9,22H,1H3,(H,20,23)/b18-8+. The maximum absolute atomic E-state index is 12.3. The average Bonchev–Trinajstić information content (AvgIpc) is 2.84. The van der Waals surface area contributed by atoms with E-state index in [-0.39, 0.29) is 5.75 Å². The molecule has 0 atom stereocenters. The van der Waals surface area contributed by atoms with Crippen LogP contribution in [0.3, 0.4) is 0 Å². The van der Waals surface area contributed by atoms with Gasteiger partial charge in [-0.05, 0) is 31.2 Å². The topological polar surface area (TPSA) is 79.0 Å². The number of fused-ring (bicyclic) bond motifs is 1. The van der Waals surface area contributed by atoms with Gasteiger partial charge in [-0.15, -0.1) is 0 Å². The lowest BCUT2D eigenvalue weighted by molar-refractivity contribution is 0.0948. The predicted octanol–water partition coefficient (Wildman–Crippen LogP) is 2.77. The Morgan fingerprint density at radius 3 is 2.91 bits per heavy atom. The van der Waals surface area contributed by atoms with Gasteiger partial charge in [0.1, 0.15) is 17.1 Å². The normalized spacial score (nSPS) is 11.2. The number of hydrogen-bond donors (Lipinski definition) is 2. The zero-order valence-corrected chi connectivity index (χ0v) is 12.9. The molecule has 2 N–H and O–H groups in total. The summed E-state index contributed by atoms with van der Waals surface area (Å²) in [5.74, 6) is -0.327. The molecule has 116 valence electrons. The number of carbonyl (C=O) groups excluding carboxylic acids is 1. The molecule has 23 heavy (non-hydrogen) atoms. The Kier molecular flexibility index (Phi) is 3.99. The first-order chi connectivity index (χ1) is 11.1. The van der Waals surface area contributed by atoms with Crippen LogP contribution in [0.15, 0.2) is 47.7 Å². The second kappa shape index (κ2) is 6.10. The van der Waals surface area contributed by atoms with Gasteiger partial charge in [-0.1, -0.05) is 23.7 Å². The highest BCUT2D eigenvalue weighted by Gasteiger charge is 2.16. The number of aryl methyl sites for hydroxylation is 1. The Morgan fingerprint density at radius 1 is 1.35 bits per heavy atom. The number of aromatic nitrogens is 2. The number of rotatable bonds is 3. The second-order valence-corrected chi connectivity index (χ2v) is 5.32. The van der Waals surface area contributed by atoms with E-state index in [1.807, 2.05) is 0 Å². The van der Waals surface area contributed by atoms with Gasteiger partial charge in [0.15, 0.2) is 0 Å². The van der Waals surface area contributed by atoms with Crippen molar-refractivity contribution in [2.75, 3.05) is 0 Å². The van der Waals surface area contributed by atoms with E-state index in [1.54, 1.807) is 53.9 Å². The number of pyridine rings is 1. The Balaban J connectivity index is 1.85. The monoisotopic (exact) mass is 328 g/mol. The molecule has 1 aromatic carbocycles. The van der Waals surface area contributed by atoms with E-state index < -0.39 is 5.91 Å². The highest BCUT2D eigenvalue weighted by atomic mass is 35.5. The van der Waals surface area contributed by atoms with Crippen LogP contribution >= 0.6 is 11.6 Å². The number of aromatic hydroxyl groups is 1. The Bertz CT molecular complexity index is 918. The first-order valence-electron chi connectivity index (χ1n) is 6.82. The summed E-state index contributed by atoms with van der Waals surface area (Å²) in [5.41, 5.74) is 4.49. The van der Waals surface area contributed by atoms with Gasteiger partial charge in [0.2, 0.25) is 0 Å². The molecule has 0 saturated heterocycles. The van der Waals surface area contributed by atoms with Gasteiger partial charge in [-0.25, -0.2) is 10.4 Å². The molecule has 2 aromatic heterocycles. The molecular formula is C16H13ClN4O2. The summed E-state index contributed by atoms with van der Waals surface area (Å²) < 4.78 is 1.61. The Labute approximate surface area is 137 Å². The summed E-state index contributed by atoms with van der Waals surface area (Å²) in [4.78, 5) is 16.6. The van der Waals surface area contributed by atoms with Crippen molar-refractivity contribution in [1.82, 2.24) is 14.8 Å². The van der Waals surface area contributed by atoms with E-state index in [0.717, 1.165) is 0 Å². The lowest BCUT2D eigenvalue weighted by Gasteiger charge is -2.02. The van der Waals surface area contributed by atoms with Gasteiger partial charge in [0, 0.05) is 11.8 Å². The molecule has 0 radical (unpaired) electrons. The van der Waals surface area contributed by atoms with Crippen LogP contribution < -0.4 is 5.43 Å². The molecule has 3 aromatic rings. The summed E-state index contributed by atoms with van der Waals surface area (Å²) in [6, 6.07) is 10.1. The molecule has 0 aliphatic heterocycles. The molecule has 1 amide bonds. The fourth-order valence-electron chi connectivity index (χ4n) is 2.22. The smallest absolute Gasteiger partial charge is 0.290 e. The van der Waals surface area contributed by atoms with Crippen LogP contribution in [-0.2, 0) is 0 Å². The van der Waals surface area contributed by atoms with E-state index in [4.69, 9.17) is 11.6 Å². The van der Waals surface area contributed by atoms with E-state index in [9.17, 15) is 9.90 Å². The molecule has 0 spiro atoms. The van der Waals surface area contributed by atoms with E-state index >= 15 is 0 Å². The number of benzene rings is 1. The second-order valence-electron chi connectivity index (χ2n) is 4.88. The number of amides is 1. The Hall–Kier alpha value is -2.86. The highest BCUT2D eigenvalue weighted by molar-refractivity contribution is 6.30. The number of para-hydroxylation sites is 1. The average molecular weight is 329 g/mol. The number of hydrogen-bond acceptors (Lipinski definition) is 4. The zero-order valence-electron chi connectivity index (χ0n) is 12.2. The minimum Gasteiger partial charge on any atom is -0.507 e. The highest BCUT2D eigenvalue weighted by Crippen LogP contribution is 2.16. The third kappa shape index (κ3) is 3.02. The largest absolute Gasteiger partial charge is 0.507 e. The van der Waals surface area contributed by atoms with Crippen molar-refractivity contribution in [3.63, 3.8) is 0 Å². The molecule has 0 aliphatic carbocycles. The molecular weight excluding hydrogens is 316 g/mol. The SMILES string of the molecule is Cc1nc2ccc(Cl)cn2c1C(=O)N/N=C/c1ccccc1O. The number of carbonyl (C=O) groups is 1. The van der Waals surface area contributed by atoms with E-state index in [1.165, 1.54) is 6.21 Å². The fourth-order valence-corrected chi connectivity index (χ4v) is 2.38. The van der Waals surface area contributed by atoms with Crippen LogP contribution in [0.2, 0.25) is 5.02 Å². The minimum atomic E-state index is -0.413. The summed E-state index contributed by atoms with van der Waals surface area (Å²) >= 11 is 5.97. The Morgan fingerprint density at radius 2 is 2.13 bits per heavy atom. The van der Waals surface area contributed by atoms with Crippen LogP contribution in [0.1, 0.15) is 21.7 Å². The summed E-state index contributed by atoms with van der Waals surface area (Å²) in [5, 5.41) is 14.0. The molecule has 0 unspecified atom stereocenters. The van der Waals surface area contributed by atoms with Crippen LogP contribution in [0.4, 0.5) is 0 Å². The molecule has 0 fully saturated rings. The number of halogens is 1. The lowest BCUT2D eigenvalue weighted by Crippen LogP contribution is -2.20. The quantitative estimate of drug-likeness (QED) is 0.573. The van der Waals surface area contributed by atoms with Crippen molar-refractivity contribution >= 4 is 29.4 Å². The molecule has 6 nitrogen and oxygen atoms in total. The summed E-state index contributed by atoms with van der Waals surface area (Å²) in [7, 11) is 0. The van der Waals surface area contributed by atoms with Crippen molar-refractivity contribution in [3.05, 3.63) is 64.6 Å². The third-order valence-corrected chi connectivity index (χ3v) is 3.50. The minimum absolute atomic E-state index is 0.0864. The van der Waals surface area contributed by atoms with Crippen molar-refractivity contribution in [2.45, 2.75) is 6.92 Å². The first-order valence-corrected chi connectivity index (χ1v) is 7.19. The van der Waals surface area contributed by atoms with Crippen molar-refractivity contribution in [2.24, 2.45) is 5.10 Å². The van der Waals surface area contributed by atoms with Crippen molar-refractivity contribution < 1.29 is 9.90 Å². The van der Waals surface area contributed by atoms with E-state index in [0.29, 0.717) is 27.6 Å². The van der Waals surface area contributed by atoms with Gasteiger partial charge in [0.25, 0.3) is 5.91 Å². The molecule has 0 bridgehead atoms. The maximum Gasteiger partial charge on any atom is 0.290 e. The fraction of sp³-hybridized carbons (Fsp3) is 0.0625. The molecule has 2 heterocycles. The van der Waals surface area contributed by atoms with Gasteiger partial charge >= 0.3 is 0 Å². The number of hydrazone groups is 1. The number of nitrogens with one attached hydrogen (secondary N) is 1. The van der Waals surface area contributed by atoms with Crippen LogP contribution in [0, 0.1) is 6.92 Å². The molecule has 3 rings (SSSR count). The van der Waals surface area contributed by atoms with Gasteiger partial charge in [0.05, 0.1) is 16.9 Å². The van der Waals surface area contributed by atoms with Crippen molar-refractivity contribution in [3.8, 4) is 5.75 Å². The summed E-state index contributed by atoms with van der Waals surface area (Å²) in [6.07, 6.45) is 3.00. The van der Waals surface area contributed by atoms with Crippen molar-refractivity contribution in [1.29, 1.82) is 0 Å². The molecule has 7 heteroatoms. The van der Waals surface area contributed by atoms with Crippen LogP contribution in [-0.4, -0.2) is 26.6 Å². The maximum atomic E-state index is 12.3. The van der Waals surface area contributed by atoms with Crippen LogP contribution in [0.25, 0.3) is 5.65 Å². The van der Waals surface area contributed by atoms with Gasteiger partial charge < -0.3 is 5.11 Å². The number of imidazole rings is 1. The van der Waals surface area contributed by atoms with Crippen LogP contribution in [0.5, 0.6) is 5.75 Å². The number of phenolic OH excluding ortho intramolecular Hbond substituents is 1. The number of phenols is 1. The number of nitrogens with zero attached hydrogens (tertiary/aromatic N) is 3. The third-order valence-electron chi connectivity index (χ3n) is 3.28. The first kappa shape index (κ1) is 15.1. The lowest BCUT2D eigenvalue weighted by atomic mass is 10.2. The van der Waals surface area contributed by atoms with Gasteiger partial charge in [-0.2, -0.15) is 5.10 Å². The molecule has 0 aliphatic rings. The van der Waals surface area contributed by atoms with Gasteiger partial charge in [-0.3, -0.25) is 9.20 Å². The van der Waals surface area contributed by atoms with E-state index in [2.05, 4.69) is 15.5 Å². The molecule has 0 saturated carbocycles. The predicted molar refractivity (Wildman–Crippen MR) is 88.1 cm³/mol. The summed E-state index contributed by atoms with van der Waals surface area (Å²) in [6.45, 7) is 1.74. The zero-order chi connectivity index (χ0) is 16.4.